The molecule has 2 N–H and O–H groups in total. The fraction of sp³-hybridized carbons (Fsp3) is 0.562. The van der Waals surface area contributed by atoms with Crippen molar-refractivity contribution in [2.24, 2.45) is 0 Å². The lowest BCUT2D eigenvalue weighted by Crippen LogP contribution is -2.32. The molecule has 0 aliphatic heterocycles. The molecule has 0 saturated heterocycles. The van der Waals surface area contributed by atoms with Gasteiger partial charge in [0.2, 0.25) is 0 Å². The molecule has 1 amide bonds. The van der Waals surface area contributed by atoms with E-state index in [1.807, 2.05) is 24.3 Å². The highest BCUT2D eigenvalue weighted by Crippen LogP contribution is 2.19. The van der Waals surface area contributed by atoms with Gasteiger partial charge in [-0.15, -0.1) is 0 Å². The van der Waals surface area contributed by atoms with Crippen LogP contribution >= 0.6 is 0 Å². The van der Waals surface area contributed by atoms with E-state index in [1.54, 1.807) is 0 Å². The molecule has 0 fully saturated rings. The summed E-state index contributed by atoms with van der Waals surface area (Å²) in [5, 5.41) is 12.1. The molecule has 1 aromatic rings. The van der Waals surface area contributed by atoms with Crippen LogP contribution in [0.25, 0.3) is 0 Å². The van der Waals surface area contributed by atoms with Crippen LogP contribution in [0.2, 0.25) is 0 Å². The molecule has 0 bridgehead atoms. The minimum absolute atomic E-state index is 0.0259. The molecule has 0 aliphatic rings. The van der Waals surface area contributed by atoms with E-state index in [0.29, 0.717) is 24.6 Å². The summed E-state index contributed by atoms with van der Waals surface area (Å²) < 4.78 is 10.3. The first-order valence-corrected chi connectivity index (χ1v) is 7.19. The zero-order chi connectivity index (χ0) is 15.7. The number of aliphatic hydroxyl groups excluding tert-OH is 1. The van der Waals surface area contributed by atoms with Crippen molar-refractivity contribution in [2.45, 2.75) is 32.3 Å². The molecule has 21 heavy (non-hydrogen) atoms. The highest BCUT2D eigenvalue weighted by molar-refractivity contribution is 5.77. The first kappa shape index (κ1) is 17.5. The maximum atomic E-state index is 11.6. The Kier molecular flexibility index (Phi) is 7.79. The third-order valence-electron chi connectivity index (χ3n) is 3.05. The highest BCUT2D eigenvalue weighted by Gasteiger charge is 2.07. The zero-order valence-corrected chi connectivity index (χ0v) is 13.0. The van der Waals surface area contributed by atoms with E-state index < -0.39 is 6.10 Å². The van der Waals surface area contributed by atoms with E-state index in [9.17, 15) is 9.90 Å². The maximum Gasteiger partial charge on any atom is 0.257 e. The number of carbonyl (C=O) groups is 1. The molecule has 0 spiro atoms. The van der Waals surface area contributed by atoms with Gasteiger partial charge in [0.15, 0.2) is 6.61 Å². The number of methoxy groups -OCH3 is 1. The summed E-state index contributed by atoms with van der Waals surface area (Å²) in [5.41, 5.74) is 1.18. The van der Waals surface area contributed by atoms with E-state index >= 15 is 0 Å². The Balaban J connectivity index is 2.28. The minimum atomic E-state index is -0.557. The van der Waals surface area contributed by atoms with Crippen LogP contribution in [0.1, 0.15) is 31.7 Å². The van der Waals surface area contributed by atoms with E-state index in [2.05, 4.69) is 19.2 Å². The van der Waals surface area contributed by atoms with E-state index in [4.69, 9.17) is 9.47 Å². The second-order valence-electron chi connectivity index (χ2n) is 5.26. The van der Waals surface area contributed by atoms with Gasteiger partial charge in [-0.1, -0.05) is 26.0 Å². The average molecular weight is 295 g/mol. The third-order valence-corrected chi connectivity index (χ3v) is 3.05. The fourth-order valence-electron chi connectivity index (χ4n) is 1.82. The van der Waals surface area contributed by atoms with Gasteiger partial charge in [0, 0.05) is 13.7 Å². The van der Waals surface area contributed by atoms with Crippen LogP contribution in [-0.4, -0.2) is 44.0 Å². The molecule has 0 heterocycles. The number of nitrogens with one attached hydrogen (secondary N) is 1. The second-order valence-corrected chi connectivity index (χ2v) is 5.26. The number of aliphatic hydroxyl groups is 1. The topological polar surface area (TPSA) is 67.8 Å². The maximum absolute atomic E-state index is 11.6. The Bertz CT molecular complexity index is 434. The molecule has 118 valence electrons. The third kappa shape index (κ3) is 7.11. The monoisotopic (exact) mass is 295 g/mol. The van der Waals surface area contributed by atoms with Gasteiger partial charge in [-0.25, -0.2) is 0 Å². The molecule has 0 aliphatic carbocycles. The van der Waals surface area contributed by atoms with Crippen molar-refractivity contribution in [3.63, 3.8) is 0 Å². The number of rotatable bonds is 9. The van der Waals surface area contributed by atoms with Crippen molar-refractivity contribution >= 4 is 5.91 Å². The Labute approximate surface area is 126 Å². The number of ether oxygens (including phenoxy) is 2. The molecule has 5 heteroatoms. The summed E-state index contributed by atoms with van der Waals surface area (Å²) in [7, 11) is 1.53. The number of hydrogen-bond acceptors (Lipinski definition) is 4. The Morgan fingerprint density at radius 2 is 2.14 bits per heavy atom. The number of hydrogen-bond donors (Lipinski definition) is 2. The van der Waals surface area contributed by atoms with Crippen molar-refractivity contribution in [1.29, 1.82) is 0 Å². The van der Waals surface area contributed by atoms with E-state index in [0.717, 1.165) is 0 Å². The largest absolute Gasteiger partial charge is 0.484 e. The van der Waals surface area contributed by atoms with E-state index in [-0.39, 0.29) is 19.1 Å². The van der Waals surface area contributed by atoms with Crippen molar-refractivity contribution in [2.75, 3.05) is 26.9 Å². The Morgan fingerprint density at radius 1 is 1.38 bits per heavy atom. The molecule has 0 saturated carbocycles. The summed E-state index contributed by atoms with van der Waals surface area (Å²) in [5.74, 6) is 0.912. The second kappa shape index (κ2) is 9.37. The molecule has 5 nitrogen and oxygen atoms in total. The molecule has 1 aromatic carbocycles. The van der Waals surface area contributed by atoms with Gasteiger partial charge in [-0.05, 0) is 30.0 Å². The minimum Gasteiger partial charge on any atom is -0.484 e. The number of carbonyl (C=O) groups excluding carboxylic acids is 1. The predicted molar refractivity (Wildman–Crippen MR) is 81.5 cm³/mol. The van der Waals surface area contributed by atoms with Gasteiger partial charge in [0.05, 0.1) is 12.7 Å². The molecule has 1 unspecified atom stereocenters. The van der Waals surface area contributed by atoms with Crippen LogP contribution in [0.4, 0.5) is 0 Å². The summed E-state index contributed by atoms with van der Waals surface area (Å²) in [4.78, 5) is 11.6. The van der Waals surface area contributed by atoms with Gasteiger partial charge in [0.25, 0.3) is 5.91 Å². The zero-order valence-electron chi connectivity index (χ0n) is 13.0. The van der Waals surface area contributed by atoms with Crippen molar-refractivity contribution in [1.82, 2.24) is 5.32 Å². The highest BCUT2D eigenvalue weighted by atomic mass is 16.5. The van der Waals surface area contributed by atoms with Crippen LogP contribution in [0.5, 0.6) is 5.75 Å². The quantitative estimate of drug-likeness (QED) is 0.727. The van der Waals surface area contributed by atoms with Crippen LogP contribution in [0.15, 0.2) is 24.3 Å². The lowest BCUT2D eigenvalue weighted by molar-refractivity contribution is -0.123. The Morgan fingerprint density at radius 3 is 2.81 bits per heavy atom. The normalized spacial score (nSPS) is 12.2. The molecular formula is C16H25NO4. The lowest BCUT2D eigenvalue weighted by atomic mass is 10.0. The average Bonchev–Trinajstić information content (AvgIpc) is 2.45. The van der Waals surface area contributed by atoms with Crippen LogP contribution in [0, 0.1) is 0 Å². The van der Waals surface area contributed by atoms with Gasteiger partial charge >= 0.3 is 0 Å². The van der Waals surface area contributed by atoms with Crippen LogP contribution in [0.3, 0.4) is 0 Å². The van der Waals surface area contributed by atoms with Crippen molar-refractivity contribution in [3.05, 3.63) is 29.8 Å². The smallest absolute Gasteiger partial charge is 0.257 e. The standard InChI is InChI=1S/C16H25NO4/c1-12(2)13-5-4-6-15(9-13)21-11-16(19)17-8-7-14(18)10-20-3/h4-6,9,12,14,18H,7-8,10-11H2,1-3H3,(H,17,19). The molecule has 0 radical (unpaired) electrons. The van der Waals surface area contributed by atoms with Crippen LogP contribution in [-0.2, 0) is 9.53 Å². The Hall–Kier alpha value is -1.59. The molecule has 0 aromatic heterocycles. The van der Waals surface area contributed by atoms with Gasteiger partial charge in [-0.3, -0.25) is 4.79 Å². The number of amides is 1. The predicted octanol–water partition coefficient (Wildman–Crippen LogP) is 1.70. The van der Waals surface area contributed by atoms with E-state index in [1.165, 1.54) is 12.7 Å². The van der Waals surface area contributed by atoms with Gasteiger partial charge in [0.1, 0.15) is 5.75 Å². The first-order valence-electron chi connectivity index (χ1n) is 7.19. The first-order chi connectivity index (χ1) is 10.0. The summed E-state index contributed by atoms with van der Waals surface area (Å²) in [6.45, 7) is 4.86. The van der Waals surface area contributed by atoms with Gasteiger partial charge in [-0.2, -0.15) is 0 Å². The summed E-state index contributed by atoms with van der Waals surface area (Å²) in [6.07, 6.45) is -0.0958. The number of benzene rings is 1. The molecule has 1 atom stereocenters. The van der Waals surface area contributed by atoms with Crippen LogP contribution < -0.4 is 10.1 Å². The summed E-state index contributed by atoms with van der Waals surface area (Å²) >= 11 is 0. The van der Waals surface area contributed by atoms with Crippen molar-refractivity contribution in [3.8, 4) is 5.75 Å². The lowest BCUT2D eigenvalue weighted by Gasteiger charge is -2.11. The summed E-state index contributed by atoms with van der Waals surface area (Å²) in [6, 6.07) is 7.74. The molecular weight excluding hydrogens is 270 g/mol. The van der Waals surface area contributed by atoms with Gasteiger partial charge < -0.3 is 19.9 Å². The SMILES string of the molecule is COCC(O)CCNC(=O)COc1cccc(C(C)C)c1. The molecule has 1 rings (SSSR count). The fourth-order valence-corrected chi connectivity index (χ4v) is 1.82. The van der Waals surface area contributed by atoms with Crippen molar-refractivity contribution < 1.29 is 19.4 Å².